The van der Waals surface area contributed by atoms with Crippen molar-refractivity contribution in [2.75, 3.05) is 13.1 Å². The first-order valence-corrected chi connectivity index (χ1v) is 7.51. The van der Waals surface area contributed by atoms with Gasteiger partial charge in [-0.15, -0.1) is 0 Å². The van der Waals surface area contributed by atoms with Gasteiger partial charge in [0.2, 0.25) is 0 Å². The minimum absolute atomic E-state index is 0.318. The maximum atomic E-state index is 10.1. The van der Waals surface area contributed by atoms with Gasteiger partial charge in [-0.25, -0.2) is 0 Å². The number of phenols is 1. The molecule has 1 fully saturated rings. The number of hydrogen-bond donors (Lipinski definition) is 2. The van der Waals surface area contributed by atoms with Crippen molar-refractivity contribution in [3.8, 4) is 5.75 Å². The third-order valence-electron chi connectivity index (χ3n) is 4.26. The Balaban J connectivity index is 2.22. The van der Waals surface area contributed by atoms with Crippen LogP contribution in [0, 0.1) is 0 Å². The number of benzene rings is 1. The Kier molecular flexibility index (Phi) is 5.23. The van der Waals surface area contributed by atoms with Gasteiger partial charge in [0.1, 0.15) is 5.75 Å². The first-order valence-electron chi connectivity index (χ1n) is 7.51. The molecule has 1 aromatic carbocycles. The largest absolute Gasteiger partial charge is 0.508 e. The van der Waals surface area contributed by atoms with Gasteiger partial charge in [-0.2, -0.15) is 0 Å². The van der Waals surface area contributed by atoms with Crippen molar-refractivity contribution in [3.63, 3.8) is 0 Å². The number of para-hydroxylation sites is 1. The molecule has 0 amide bonds. The lowest BCUT2D eigenvalue weighted by Crippen LogP contribution is -2.42. The summed E-state index contributed by atoms with van der Waals surface area (Å²) in [6.45, 7) is 4.07. The van der Waals surface area contributed by atoms with E-state index in [1.807, 2.05) is 12.1 Å². The van der Waals surface area contributed by atoms with Crippen LogP contribution in [0.2, 0.25) is 0 Å². The average Bonchev–Trinajstić information content (AvgIpc) is 2.44. The number of likely N-dealkylation sites (tertiary alicyclic amines) is 1. The lowest BCUT2D eigenvalue weighted by atomic mass is 9.93. The summed E-state index contributed by atoms with van der Waals surface area (Å²) in [5, 5.41) is 10.1. The minimum atomic E-state index is 0.318. The summed E-state index contributed by atoms with van der Waals surface area (Å²) >= 11 is 0. The average molecular weight is 262 g/mol. The molecule has 2 atom stereocenters. The number of nitrogens with two attached hydrogens (primary N) is 1. The van der Waals surface area contributed by atoms with Crippen molar-refractivity contribution in [2.45, 2.75) is 51.1 Å². The molecule has 106 valence electrons. The molecule has 2 rings (SSSR count). The lowest BCUT2D eigenvalue weighted by molar-refractivity contribution is 0.0858. The van der Waals surface area contributed by atoms with E-state index < -0.39 is 0 Å². The highest BCUT2D eigenvalue weighted by atomic mass is 16.3. The van der Waals surface area contributed by atoms with E-state index in [9.17, 15) is 5.11 Å². The zero-order valence-corrected chi connectivity index (χ0v) is 11.9. The summed E-state index contributed by atoms with van der Waals surface area (Å²) in [7, 11) is 0. The van der Waals surface area contributed by atoms with Gasteiger partial charge in [-0.1, -0.05) is 31.5 Å². The molecule has 3 heteroatoms. The van der Waals surface area contributed by atoms with E-state index in [0.29, 0.717) is 17.8 Å². The van der Waals surface area contributed by atoms with Gasteiger partial charge in [0, 0.05) is 17.6 Å². The van der Waals surface area contributed by atoms with Gasteiger partial charge in [-0.3, -0.25) is 4.90 Å². The van der Waals surface area contributed by atoms with Gasteiger partial charge < -0.3 is 10.8 Å². The monoisotopic (exact) mass is 262 g/mol. The van der Waals surface area contributed by atoms with E-state index in [1.54, 1.807) is 6.07 Å². The van der Waals surface area contributed by atoms with Gasteiger partial charge in [0.15, 0.2) is 0 Å². The van der Waals surface area contributed by atoms with E-state index >= 15 is 0 Å². The van der Waals surface area contributed by atoms with Crippen LogP contribution in [0.25, 0.3) is 0 Å². The summed E-state index contributed by atoms with van der Waals surface area (Å²) in [6.07, 6.45) is 5.88. The maximum Gasteiger partial charge on any atom is 0.120 e. The minimum Gasteiger partial charge on any atom is -0.508 e. The molecule has 1 aromatic rings. The third kappa shape index (κ3) is 3.28. The summed E-state index contributed by atoms with van der Waals surface area (Å²) in [4.78, 5) is 2.56. The molecule has 2 unspecified atom stereocenters. The lowest BCUT2D eigenvalue weighted by Gasteiger charge is -2.41. The number of piperidine rings is 1. The molecule has 0 saturated carbocycles. The number of aromatic hydroxyl groups is 1. The molecule has 0 aromatic heterocycles. The van der Waals surface area contributed by atoms with Crippen molar-refractivity contribution in [3.05, 3.63) is 29.8 Å². The van der Waals surface area contributed by atoms with E-state index in [-0.39, 0.29) is 0 Å². The van der Waals surface area contributed by atoms with Gasteiger partial charge in [0.25, 0.3) is 0 Å². The van der Waals surface area contributed by atoms with Crippen molar-refractivity contribution in [1.29, 1.82) is 0 Å². The highest BCUT2D eigenvalue weighted by Gasteiger charge is 2.29. The molecular weight excluding hydrogens is 236 g/mol. The second-order valence-electron chi connectivity index (χ2n) is 5.45. The van der Waals surface area contributed by atoms with E-state index in [4.69, 9.17) is 5.73 Å². The quantitative estimate of drug-likeness (QED) is 0.857. The van der Waals surface area contributed by atoms with Crippen LogP contribution in [0.15, 0.2) is 24.3 Å². The Morgan fingerprint density at radius 1 is 1.37 bits per heavy atom. The molecule has 1 aliphatic heterocycles. The SMILES string of the molecule is CCC(c1ccccc1O)N1CCCCC1CCN. The highest BCUT2D eigenvalue weighted by molar-refractivity contribution is 5.34. The van der Waals surface area contributed by atoms with Crippen LogP contribution in [0.5, 0.6) is 5.75 Å². The Morgan fingerprint density at radius 3 is 2.84 bits per heavy atom. The molecule has 1 heterocycles. The van der Waals surface area contributed by atoms with Crippen LogP contribution in [-0.2, 0) is 0 Å². The number of hydrogen-bond acceptors (Lipinski definition) is 3. The van der Waals surface area contributed by atoms with Crippen LogP contribution in [0.4, 0.5) is 0 Å². The number of phenolic OH excluding ortho intramolecular Hbond substituents is 1. The summed E-state index contributed by atoms with van der Waals surface area (Å²) in [6, 6.07) is 8.64. The fraction of sp³-hybridized carbons (Fsp3) is 0.625. The Morgan fingerprint density at radius 2 is 2.16 bits per heavy atom. The van der Waals surface area contributed by atoms with Crippen LogP contribution < -0.4 is 5.73 Å². The molecule has 19 heavy (non-hydrogen) atoms. The molecule has 1 aliphatic rings. The molecule has 3 nitrogen and oxygen atoms in total. The van der Waals surface area contributed by atoms with Crippen LogP contribution in [-0.4, -0.2) is 29.1 Å². The van der Waals surface area contributed by atoms with Crippen molar-refractivity contribution < 1.29 is 5.11 Å². The first-order chi connectivity index (χ1) is 9.27. The van der Waals surface area contributed by atoms with Gasteiger partial charge >= 0.3 is 0 Å². The van der Waals surface area contributed by atoms with Crippen LogP contribution >= 0.6 is 0 Å². The predicted molar refractivity (Wildman–Crippen MR) is 79.2 cm³/mol. The van der Waals surface area contributed by atoms with Crippen molar-refractivity contribution >= 4 is 0 Å². The number of nitrogens with zero attached hydrogens (tertiary/aromatic N) is 1. The van der Waals surface area contributed by atoms with E-state index in [2.05, 4.69) is 17.9 Å². The fourth-order valence-corrected chi connectivity index (χ4v) is 3.34. The molecule has 0 spiro atoms. The second-order valence-corrected chi connectivity index (χ2v) is 5.45. The predicted octanol–water partition coefficient (Wildman–Crippen LogP) is 3.05. The second kappa shape index (κ2) is 6.92. The van der Waals surface area contributed by atoms with E-state index in [0.717, 1.165) is 31.5 Å². The Hall–Kier alpha value is -1.06. The highest BCUT2D eigenvalue weighted by Crippen LogP contribution is 2.35. The van der Waals surface area contributed by atoms with E-state index in [1.165, 1.54) is 19.3 Å². The smallest absolute Gasteiger partial charge is 0.120 e. The third-order valence-corrected chi connectivity index (χ3v) is 4.26. The molecule has 0 aliphatic carbocycles. The Labute approximate surface area is 116 Å². The summed E-state index contributed by atoms with van der Waals surface area (Å²) in [5.41, 5.74) is 6.82. The van der Waals surface area contributed by atoms with Gasteiger partial charge in [-0.05, 0) is 44.8 Å². The molecular formula is C16H26N2O. The molecule has 0 radical (unpaired) electrons. The fourth-order valence-electron chi connectivity index (χ4n) is 3.34. The topological polar surface area (TPSA) is 49.5 Å². The van der Waals surface area contributed by atoms with Crippen LogP contribution in [0.3, 0.4) is 0 Å². The summed E-state index contributed by atoms with van der Waals surface area (Å²) in [5.74, 6) is 0.423. The summed E-state index contributed by atoms with van der Waals surface area (Å²) < 4.78 is 0. The zero-order chi connectivity index (χ0) is 13.7. The van der Waals surface area contributed by atoms with Crippen LogP contribution in [0.1, 0.15) is 50.6 Å². The van der Waals surface area contributed by atoms with Crippen molar-refractivity contribution in [2.24, 2.45) is 5.73 Å². The molecule has 0 bridgehead atoms. The Bertz CT molecular complexity index is 392. The molecule has 3 N–H and O–H groups in total. The first kappa shape index (κ1) is 14.4. The van der Waals surface area contributed by atoms with Gasteiger partial charge in [0.05, 0.1) is 0 Å². The maximum absolute atomic E-state index is 10.1. The molecule has 1 saturated heterocycles. The normalized spacial score (nSPS) is 22.3. The standard InChI is InChI=1S/C16H26N2O/c1-2-15(14-8-3-4-9-16(14)19)18-12-6-5-7-13(18)10-11-17/h3-4,8-9,13,15,19H,2,5-7,10-12,17H2,1H3. The van der Waals surface area contributed by atoms with Crippen molar-refractivity contribution in [1.82, 2.24) is 4.90 Å². The zero-order valence-electron chi connectivity index (χ0n) is 11.9. The number of rotatable bonds is 5.